The first-order valence-electron chi connectivity index (χ1n) is 11.3. The summed E-state index contributed by atoms with van der Waals surface area (Å²) in [5.41, 5.74) is 9.88. The molecule has 9 nitrogen and oxygen atoms in total. The van der Waals surface area contributed by atoms with Crippen molar-refractivity contribution in [2.75, 3.05) is 0 Å². The van der Waals surface area contributed by atoms with Crippen molar-refractivity contribution in [2.24, 2.45) is 10.2 Å². The molecule has 0 radical (unpaired) electrons. The van der Waals surface area contributed by atoms with Gasteiger partial charge in [-0.05, 0) is 46.0 Å². The zero-order chi connectivity index (χ0) is 24.4. The van der Waals surface area contributed by atoms with Gasteiger partial charge in [-0.1, -0.05) is 78.3 Å². The van der Waals surface area contributed by atoms with Gasteiger partial charge in [-0.2, -0.15) is 10.1 Å². The standard InChI is InChI=1S/C26H18ClN7O2/c27-16-12-9-15(10-13-16)11-14-21-22(35)33-25(30-29-21)34-24(31-33)28-23(36)26(32-34)19-7-3-1-5-17(19)18-6-2-4-8-20(18)26/h1-14,25,30,32H,(H,28,31,36)/b14-11-. The minimum Gasteiger partial charge on any atom is -0.291 e. The molecule has 3 aromatic rings. The number of carbonyl (C=O) groups is 2. The molecule has 0 bridgehead atoms. The Labute approximate surface area is 210 Å². The Morgan fingerprint density at radius 2 is 1.56 bits per heavy atom. The van der Waals surface area contributed by atoms with Crippen LogP contribution in [-0.4, -0.2) is 39.8 Å². The first-order chi connectivity index (χ1) is 17.6. The number of hydrogen-bond donors (Lipinski definition) is 3. The number of amides is 2. The van der Waals surface area contributed by atoms with E-state index in [1.807, 2.05) is 60.7 Å². The molecule has 2 amide bonds. The normalized spacial score (nSPS) is 20.9. The average molecular weight is 496 g/mol. The zero-order valence-electron chi connectivity index (χ0n) is 18.6. The first-order valence-corrected chi connectivity index (χ1v) is 11.7. The number of hydrazone groups is 2. The molecule has 3 aromatic carbocycles. The van der Waals surface area contributed by atoms with Crippen LogP contribution < -0.4 is 16.2 Å². The van der Waals surface area contributed by atoms with Crippen molar-refractivity contribution in [2.45, 2.75) is 11.8 Å². The molecule has 1 unspecified atom stereocenters. The highest BCUT2D eigenvalue weighted by Crippen LogP contribution is 2.48. The Hall–Kier alpha value is -4.47. The second-order valence-corrected chi connectivity index (χ2v) is 9.17. The number of hydrazine groups is 1. The Kier molecular flexibility index (Phi) is 4.35. The molecular formula is C26H18ClN7O2. The van der Waals surface area contributed by atoms with Crippen LogP contribution in [0.2, 0.25) is 5.02 Å². The summed E-state index contributed by atoms with van der Waals surface area (Å²) in [6.07, 6.45) is 2.63. The maximum absolute atomic E-state index is 13.7. The lowest BCUT2D eigenvalue weighted by molar-refractivity contribution is -0.134. The molecule has 1 fully saturated rings. The van der Waals surface area contributed by atoms with Crippen molar-refractivity contribution in [3.8, 4) is 11.1 Å². The van der Waals surface area contributed by atoms with Gasteiger partial charge in [0.25, 0.3) is 11.8 Å². The fourth-order valence-corrected chi connectivity index (χ4v) is 5.20. The lowest BCUT2D eigenvalue weighted by Gasteiger charge is -2.43. The van der Waals surface area contributed by atoms with Crippen molar-refractivity contribution in [3.63, 3.8) is 0 Å². The molecule has 4 aliphatic rings. The topological polar surface area (TPSA) is 101 Å². The molecule has 1 spiro atoms. The lowest BCUT2D eigenvalue weighted by atomic mass is 9.86. The van der Waals surface area contributed by atoms with Crippen LogP contribution in [0.1, 0.15) is 16.7 Å². The van der Waals surface area contributed by atoms with Crippen LogP contribution in [0, 0.1) is 0 Å². The summed E-state index contributed by atoms with van der Waals surface area (Å²) in [6, 6.07) is 22.8. The zero-order valence-corrected chi connectivity index (χ0v) is 19.4. The summed E-state index contributed by atoms with van der Waals surface area (Å²) in [7, 11) is 0. The van der Waals surface area contributed by atoms with E-state index in [1.54, 1.807) is 29.3 Å². The smallest absolute Gasteiger partial charge is 0.291 e. The van der Waals surface area contributed by atoms with Crippen molar-refractivity contribution < 1.29 is 9.59 Å². The van der Waals surface area contributed by atoms with Crippen LogP contribution in [0.4, 0.5) is 0 Å². The number of guanidine groups is 1. The van der Waals surface area contributed by atoms with Crippen LogP contribution in [0.5, 0.6) is 0 Å². The van der Waals surface area contributed by atoms with E-state index in [9.17, 15) is 9.59 Å². The summed E-state index contributed by atoms with van der Waals surface area (Å²) in [4.78, 5) is 26.9. The van der Waals surface area contributed by atoms with Crippen LogP contribution >= 0.6 is 11.6 Å². The van der Waals surface area contributed by atoms with Crippen molar-refractivity contribution >= 4 is 41.2 Å². The van der Waals surface area contributed by atoms with Gasteiger partial charge in [0.05, 0.1) is 0 Å². The number of halogens is 1. The van der Waals surface area contributed by atoms with Crippen LogP contribution in [0.15, 0.2) is 89.1 Å². The average Bonchev–Trinajstić information content (AvgIpc) is 3.40. The van der Waals surface area contributed by atoms with Gasteiger partial charge in [-0.25, -0.2) is 10.4 Å². The monoisotopic (exact) mass is 495 g/mol. The second kappa shape index (κ2) is 7.51. The highest BCUT2D eigenvalue weighted by Gasteiger charge is 2.57. The predicted octanol–water partition coefficient (Wildman–Crippen LogP) is 2.57. The number of nitrogens with zero attached hydrogens (tertiary/aromatic N) is 4. The first kappa shape index (κ1) is 20.9. The minimum atomic E-state index is -1.18. The summed E-state index contributed by atoms with van der Waals surface area (Å²) in [5.74, 6) is -0.453. The van der Waals surface area contributed by atoms with Gasteiger partial charge in [0.1, 0.15) is 5.71 Å². The maximum atomic E-state index is 13.7. The van der Waals surface area contributed by atoms with Gasteiger partial charge in [0.2, 0.25) is 12.2 Å². The second-order valence-electron chi connectivity index (χ2n) is 8.74. The number of nitrogens with one attached hydrogen (secondary N) is 3. The molecule has 1 saturated heterocycles. The molecule has 0 saturated carbocycles. The van der Waals surface area contributed by atoms with Gasteiger partial charge in [-0.15, -0.1) is 5.10 Å². The molecule has 1 atom stereocenters. The summed E-state index contributed by atoms with van der Waals surface area (Å²) >= 11 is 5.94. The molecule has 3 aliphatic heterocycles. The molecule has 10 heteroatoms. The molecule has 1 aliphatic carbocycles. The van der Waals surface area contributed by atoms with E-state index in [4.69, 9.17) is 11.6 Å². The fraction of sp³-hybridized carbons (Fsp3) is 0.0769. The molecule has 7 rings (SSSR count). The molecule has 0 aromatic heterocycles. The van der Waals surface area contributed by atoms with Crippen molar-refractivity contribution in [1.82, 2.24) is 26.2 Å². The number of benzene rings is 3. The van der Waals surface area contributed by atoms with Gasteiger partial charge >= 0.3 is 0 Å². The Balaban J connectivity index is 1.23. The lowest BCUT2D eigenvalue weighted by Crippen LogP contribution is -2.73. The largest absolute Gasteiger partial charge is 0.298 e. The molecule has 3 heterocycles. The number of hydrogen-bond acceptors (Lipinski definition) is 7. The van der Waals surface area contributed by atoms with Crippen molar-refractivity contribution in [1.29, 1.82) is 0 Å². The number of carbonyl (C=O) groups excluding carboxylic acids is 2. The van der Waals surface area contributed by atoms with Crippen LogP contribution in [-0.2, 0) is 15.1 Å². The molecular weight excluding hydrogens is 478 g/mol. The maximum Gasteiger partial charge on any atom is 0.298 e. The van der Waals surface area contributed by atoms with Gasteiger partial charge in [0, 0.05) is 5.02 Å². The third-order valence-electron chi connectivity index (χ3n) is 6.74. The quantitative estimate of drug-likeness (QED) is 0.507. The molecule has 3 N–H and O–H groups in total. The van der Waals surface area contributed by atoms with E-state index in [0.29, 0.717) is 5.02 Å². The third kappa shape index (κ3) is 2.81. The highest BCUT2D eigenvalue weighted by atomic mass is 35.5. The summed E-state index contributed by atoms with van der Waals surface area (Å²) < 4.78 is 0. The molecule has 36 heavy (non-hydrogen) atoms. The Bertz CT molecular complexity index is 1500. The van der Waals surface area contributed by atoms with Gasteiger partial charge in [0.15, 0.2) is 5.54 Å². The SMILES string of the molecule is O=C1C(/C=C\c2ccc(Cl)cc2)=NNC2N1N=C1NC(=O)C3(NN12)c1ccccc1-c1ccccc13. The van der Waals surface area contributed by atoms with E-state index in [0.717, 1.165) is 27.8 Å². The van der Waals surface area contributed by atoms with Gasteiger partial charge < -0.3 is 0 Å². The number of rotatable bonds is 2. The third-order valence-corrected chi connectivity index (χ3v) is 7.00. The Morgan fingerprint density at radius 3 is 2.25 bits per heavy atom. The molecule has 176 valence electrons. The summed E-state index contributed by atoms with van der Waals surface area (Å²) in [6.45, 7) is 0. The fourth-order valence-electron chi connectivity index (χ4n) is 5.08. The Morgan fingerprint density at radius 1 is 0.889 bits per heavy atom. The minimum absolute atomic E-state index is 0.183. The summed E-state index contributed by atoms with van der Waals surface area (Å²) in [5, 5.41) is 15.1. The highest BCUT2D eigenvalue weighted by molar-refractivity contribution is 6.44. The predicted molar refractivity (Wildman–Crippen MR) is 135 cm³/mol. The van der Waals surface area contributed by atoms with E-state index in [1.165, 1.54) is 5.01 Å². The van der Waals surface area contributed by atoms with E-state index in [2.05, 4.69) is 26.4 Å². The van der Waals surface area contributed by atoms with Crippen LogP contribution in [0.25, 0.3) is 17.2 Å². The van der Waals surface area contributed by atoms with Crippen molar-refractivity contribution in [3.05, 3.63) is 101 Å². The van der Waals surface area contributed by atoms with Crippen LogP contribution in [0.3, 0.4) is 0 Å². The van der Waals surface area contributed by atoms with E-state index < -0.39 is 17.7 Å². The van der Waals surface area contributed by atoms with E-state index in [-0.39, 0.29) is 17.6 Å². The number of fused-ring (bicyclic) bond motifs is 8. The van der Waals surface area contributed by atoms with E-state index >= 15 is 0 Å². The van der Waals surface area contributed by atoms with Gasteiger partial charge in [-0.3, -0.25) is 20.3 Å².